The molecule has 0 bridgehead atoms. The molecule has 3 heteroatoms. The van der Waals surface area contributed by atoms with Gasteiger partial charge in [0, 0.05) is 17.9 Å². The molecule has 0 unspecified atom stereocenters. The molecule has 1 heterocycles. The lowest BCUT2D eigenvalue weighted by atomic mass is 9.87. The molecule has 0 radical (unpaired) electrons. The van der Waals surface area contributed by atoms with Crippen molar-refractivity contribution >= 4 is 11.3 Å². The number of ether oxygens (including phenoxy) is 1. The minimum absolute atomic E-state index is 0.535. The van der Waals surface area contributed by atoms with E-state index >= 15 is 0 Å². The first kappa shape index (κ1) is 13.0. The molecular formula is C14H23NOS. The molecule has 0 aromatic carbocycles. The van der Waals surface area contributed by atoms with Crippen molar-refractivity contribution in [2.75, 3.05) is 7.11 Å². The molecule has 17 heavy (non-hydrogen) atoms. The van der Waals surface area contributed by atoms with Crippen molar-refractivity contribution in [3.63, 3.8) is 0 Å². The van der Waals surface area contributed by atoms with E-state index in [1.807, 2.05) is 11.3 Å². The number of nitrogens with zero attached hydrogens (tertiary/aromatic N) is 1. The maximum absolute atomic E-state index is 5.30. The van der Waals surface area contributed by atoms with Gasteiger partial charge in [0.15, 0.2) is 0 Å². The highest BCUT2D eigenvalue weighted by molar-refractivity contribution is 7.11. The summed E-state index contributed by atoms with van der Waals surface area (Å²) < 4.78 is 5.30. The minimum atomic E-state index is 0.535. The minimum Gasteiger partial charge on any atom is -0.378 e. The lowest BCUT2D eigenvalue weighted by molar-refractivity contribution is 0.180. The Hall–Kier alpha value is -0.410. The third-order valence-electron chi connectivity index (χ3n) is 3.50. The monoisotopic (exact) mass is 253 g/mol. The number of hydrogen-bond donors (Lipinski definition) is 0. The normalized spacial score (nSPS) is 17.9. The van der Waals surface area contributed by atoms with Gasteiger partial charge in [-0.1, -0.05) is 33.1 Å². The molecule has 0 spiro atoms. The highest BCUT2D eigenvalue weighted by Crippen LogP contribution is 2.39. The number of methoxy groups -OCH3 is 1. The quantitative estimate of drug-likeness (QED) is 0.790. The van der Waals surface area contributed by atoms with Crippen molar-refractivity contribution in [2.45, 2.75) is 64.4 Å². The van der Waals surface area contributed by atoms with Gasteiger partial charge in [-0.05, 0) is 18.8 Å². The fourth-order valence-corrected chi connectivity index (χ4v) is 3.79. The van der Waals surface area contributed by atoms with Gasteiger partial charge >= 0.3 is 0 Å². The van der Waals surface area contributed by atoms with Gasteiger partial charge in [0.05, 0.1) is 17.3 Å². The van der Waals surface area contributed by atoms with Crippen LogP contribution in [0.15, 0.2) is 0 Å². The van der Waals surface area contributed by atoms with Crippen LogP contribution in [0.25, 0.3) is 0 Å². The summed E-state index contributed by atoms with van der Waals surface area (Å²) >= 11 is 1.92. The van der Waals surface area contributed by atoms with E-state index in [9.17, 15) is 0 Å². The molecule has 1 aliphatic carbocycles. The van der Waals surface area contributed by atoms with Crippen LogP contribution in [0.2, 0.25) is 0 Å². The van der Waals surface area contributed by atoms with Gasteiger partial charge in [-0.3, -0.25) is 0 Å². The Morgan fingerprint density at radius 3 is 2.59 bits per heavy atom. The molecule has 0 amide bonds. The summed E-state index contributed by atoms with van der Waals surface area (Å²) in [6, 6.07) is 0. The van der Waals surface area contributed by atoms with Crippen LogP contribution in [0.4, 0.5) is 0 Å². The van der Waals surface area contributed by atoms with Crippen molar-refractivity contribution in [3.05, 3.63) is 15.6 Å². The van der Waals surface area contributed by atoms with E-state index in [1.54, 1.807) is 7.11 Å². The van der Waals surface area contributed by atoms with Gasteiger partial charge in [-0.15, -0.1) is 11.3 Å². The van der Waals surface area contributed by atoms with Crippen LogP contribution in [0.3, 0.4) is 0 Å². The van der Waals surface area contributed by atoms with E-state index in [0.29, 0.717) is 12.5 Å². The Balaban J connectivity index is 2.22. The van der Waals surface area contributed by atoms with Crippen molar-refractivity contribution < 1.29 is 4.74 Å². The third kappa shape index (κ3) is 3.08. The molecule has 0 N–H and O–H groups in total. The van der Waals surface area contributed by atoms with E-state index in [4.69, 9.17) is 9.72 Å². The average Bonchev–Trinajstić information content (AvgIpc) is 2.75. The molecule has 1 fully saturated rings. The second kappa shape index (κ2) is 5.96. The zero-order valence-corrected chi connectivity index (χ0v) is 12.0. The molecule has 0 aliphatic heterocycles. The largest absolute Gasteiger partial charge is 0.378 e. The molecule has 1 aromatic rings. The molecule has 1 aromatic heterocycles. The van der Waals surface area contributed by atoms with Gasteiger partial charge in [0.2, 0.25) is 0 Å². The Morgan fingerprint density at radius 1 is 1.29 bits per heavy atom. The second-order valence-electron chi connectivity index (χ2n) is 5.29. The van der Waals surface area contributed by atoms with Crippen LogP contribution < -0.4 is 0 Å². The Morgan fingerprint density at radius 2 is 2.00 bits per heavy atom. The van der Waals surface area contributed by atoms with Crippen LogP contribution >= 0.6 is 11.3 Å². The number of thiazole rings is 1. The summed E-state index contributed by atoms with van der Waals surface area (Å²) in [5.41, 5.74) is 1.20. The molecular weight excluding hydrogens is 230 g/mol. The predicted octanol–water partition coefficient (Wildman–Crippen LogP) is 4.46. The van der Waals surface area contributed by atoms with E-state index in [2.05, 4.69) is 13.8 Å². The molecule has 1 aliphatic rings. The summed E-state index contributed by atoms with van der Waals surface area (Å²) in [6.07, 6.45) is 6.86. The topological polar surface area (TPSA) is 22.1 Å². The van der Waals surface area contributed by atoms with E-state index in [1.165, 1.54) is 47.7 Å². The maximum atomic E-state index is 5.30. The van der Waals surface area contributed by atoms with Crippen molar-refractivity contribution in [1.82, 2.24) is 4.98 Å². The zero-order chi connectivity index (χ0) is 12.3. The van der Waals surface area contributed by atoms with Crippen LogP contribution in [0.5, 0.6) is 0 Å². The van der Waals surface area contributed by atoms with E-state index in [0.717, 1.165) is 5.92 Å². The Kier molecular flexibility index (Phi) is 4.57. The van der Waals surface area contributed by atoms with Crippen molar-refractivity contribution in [1.29, 1.82) is 0 Å². The molecule has 0 saturated heterocycles. The van der Waals surface area contributed by atoms with Gasteiger partial charge in [0.1, 0.15) is 0 Å². The predicted molar refractivity (Wildman–Crippen MR) is 72.7 cm³/mol. The third-order valence-corrected chi connectivity index (χ3v) is 5.06. The Labute approximate surface area is 108 Å². The molecule has 96 valence electrons. The highest BCUT2D eigenvalue weighted by Gasteiger charge is 2.23. The summed E-state index contributed by atoms with van der Waals surface area (Å²) in [5, 5.41) is 1.28. The molecule has 1 saturated carbocycles. The number of hydrogen-bond acceptors (Lipinski definition) is 3. The van der Waals surface area contributed by atoms with E-state index in [-0.39, 0.29) is 0 Å². The maximum Gasteiger partial charge on any atom is 0.0957 e. The first-order valence-electron chi connectivity index (χ1n) is 6.70. The molecule has 0 atom stereocenters. The lowest BCUT2D eigenvalue weighted by Crippen LogP contribution is -2.05. The van der Waals surface area contributed by atoms with E-state index < -0.39 is 0 Å². The lowest BCUT2D eigenvalue weighted by Gasteiger charge is -2.21. The summed E-state index contributed by atoms with van der Waals surface area (Å²) in [6.45, 7) is 5.12. The van der Waals surface area contributed by atoms with Crippen LogP contribution in [-0.4, -0.2) is 12.1 Å². The van der Waals surface area contributed by atoms with Crippen molar-refractivity contribution in [3.8, 4) is 0 Å². The van der Waals surface area contributed by atoms with Crippen LogP contribution in [0, 0.1) is 0 Å². The first-order chi connectivity index (χ1) is 8.22. The number of aromatic nitrogens is 1. The highest BCUT2D eigenvalue weighted by atomic mass is 32.1. The van der Waals surface area contributed by atoms with Gasteiger partial charge in [0.25, 0.3) is 0 Å². The summed E-state index contributed by atoms with van der Waals surface area (Å²) in [4.78, 5) is 6.28. The standard InChI is InChI=1S/C14H23NOS/c1-10(2)14-15-12(9-16-3)13(17-14)11-7-5-4-6-8-11/h10-11H,4-9H2,1-3H3. The summed E-state index contributed by atoms with van der Waals surface area (Å²) in [7, 11) is 1.76. The second-order valence-corrected chi connectivity index (χ2v) is 6.35. The fourth-order valence-electron chi connectivity index (χ4n) is 2.55. The number of rotatable bonds is 4. The smallest absolute Gasteiger partial charge is 0.0957 e. The zero-order valence-electron chi connectivity index (χ0n) is 11.2. The molecule has 2 nitrogen and oxygen atoms in total. The van der Waals surface area contributed by atoms with Crippen LogP contribution in [-0.2, 0) is 11.3 Å². The Bertz CT molecular complexity index is 353. The van der Waals surface area contributed by atoms with Gasteiger partial charge in [-0.2, -0.15) is 0 Å². The summed E-state index contributed by atoms with van der Waals surface area (Å²) in [5.74, 6) is 1.28. The average molecular weight is 253 g/mol. The fraction of sp³-hybridized carbons (Fsp3) is 0.786. The SMILES string of the molecule is COCc1nc(C(C)C)sc1C1CCCCC1. The molecule has 2 rings (SSSR count). The van der Waals surface area contributed by atoms with Gasteiger partial charge < -0.3 is 4.74 Å². The van der Waals surface area contributed by atoms with Crippen molar-refractivity contribution in [2.24, 2.45) is 0 Å². The van der Waals surface area contributed by atoms with Crippen LogP contribution in [0.1, 0.15) is 73.4 Å². The van der Waals surface area contributed by atoms with Gasteiger partial charge in [-0.25, -0.2) is 4.98 Å². The first-order valence-corrected chi connectivity index (χ1v) is 7.52.